The first-order chi connectivity index (χ1) is 17.9. The van der Waals surface area contributed by atoms with E-state index in [0.29, 0.717) is 23.3 Å². The van der Waals surface area contributed by atoms with Crippen molar-refractivity contribution < 1.29 is 29.0 Å². The molecular weight excluding hydrogens is 472 g/mol. The fraction of sp³-hybridized carbons (Fsp3) is 0.207. The Labute approximate surface area is 213 Å². The van der Waals surface area contributed by atoms with Crippen molar-refractivity contribution in [1.82, 2.24) is 10.3 Å². The number of carboxylic acids is 1. The van der Waals surface area contributed by atoms with Crippen LogP contribution in [-0.2, 0) is 27.2 Å². The summed E-state index contributed by atoms with van der Waals surface area (Å²) >= 11 is 0. The summed E-state index contributed by atoms with van der Waals surface area (Å²) in [5.41, 5.74) is 4.73. The quantitative estimate of drug-likeness (QED) is 0.315. The van der Waals surface area contributed by atoms with E-state index in [1.165, 1.54) is 0 Å². The Morgan fingerprint density at radius 1 is 1.14 bits per heavy atom. The molecule has 2 atom stereocenters. The van der Waals surface area contributed by atoms with E-state index in [1.807, 2.05) is 55.5 Å². The predicted octanol–water partition coefficient (Wildman–Crippen LogP) is 4.12. The van der Waals surface area contributed by atoms with Crippen LogP contribution in [0.1, 0.15) is 38.7 Å². The molecule has 1 aromatic heterocycles. The molecule has 0 saturated carbocycles. The van der Waals surface area contributed by atoms with Crippen molar-refractivity contribution in [2.45, 2.75) is 31.9 Å². The number of fused-ring (bicyclic) bond motifs is 2. The van der Waals surface area contributed by atoms with Crippen molar-refractivity contribution in [2.24, 2.45) is 0 Å². The highest BCUT2D eigenvalue weighted by Crippen LogP contribution is 2.36. The van der Waals surface area contributed by atoms with Crippen LogP contribution in [0.5, 0.6) is 5.75 Å². The number of aromatic nitrogens is 1. The third-order valence-corrected chi connectivity index (χ3v) is 6.50. The maximum Gasteiger partial charge on any atom is 0.339 e. The third-order valence-electron chi connectivity index (χ3n) is 6.50. The van der Waals surface area contributed by atoms with E-state index in [2.05, 4.69) is 10.3 Å². The first kappa shape index (κ1) is 24.1. The van der Waals surface area contributed by atoms with Crippen LogP contribution in [-0.4, -0.2) is 40.6 Å². The van der Waals surface area contributed by atoms with Gasteiger partial charge in [-0.1, -0.05) is 48.0 Å². The van der Waals surface area contributed by atoms with Crippen molar-refractivity contribution in [3.8, 4) is 5.75 Å². The highest BCUT2D eigenvalue weighted by Gasteiger charge is 2.29. The van der Waals surface area contributed by atoms with Gasteiger partial charge in [-0.25, -0.2) is 9.59 Å². The first-order valence-corrected chi connectivity index (χ1v) is 12.0. The number of benzene rings is 3. The van der Waals surface area contributed by atoms with Crippen molar-refractivity contribution in [3.63, 3.8) is 0 Å². The number of aryl methyl sites for hydroxylation is 1. The summed E-state index contributed by atoms with van der Waals surface area (Å²) in [5.74, 6) is -1.70. The van der Waals surface area contributed by atoms with Crippen LogP contribution in [0.4, 0.5) is 0 Å². The average molecular weight is 499 g/mol. The molecule has 0 spiro atoms. The normalized spacial score (nSPS) is 15.5. The number of hydrogen-bond acceptors (Lipinski definition) is 5. The van der Waals surface area contributed by atoms with E-state index < -0.39 is 30.0 Å². The molecule has 188 valence electrons. The maximum atomic E-state index is 12.7. The lowest BCUT2D eigenvalue weighted by Gasteiger charge is -2.26. The van der Waals surface area contributed by atoms with Crippen molar-refractivity contribution in [1.29, 1.82) is 0 Å². The number of carbonyl (C=O) groups is 3. The van der Waals surface area contributed by atoms with E-state index >= 15 is 0 Å². The van der Waals surface area contributed by atoms with Crippen LogP contribution in [0.25, 0.3) is 10.9 Å². The smallest absolute Gasteiger partial charge is 0.339 e. The van der Waals surface area contributed by atoms with E-state index in [4.69, 9.17) is 9.47 Å². The highest BCUT2D eigenvalue weighted by atomic mass is 16.5. The SMILES string of the molecule is Cc1ccc(OCC(=O)NC(Cc2c[nH]c3ccccc23)C(=O)O)c(C2Cc3ccccc3C(=O)O2)c1. The summed E-state index contributed by atoms with van der Waals surface area (Å²) in [5, 5.41) is 13.2. The minimum absolute atomic E-state index is 0.123. The molecule has 1 aliphatic heterocycles. The van der Waals surface area contributed by atoms with E-state index in [1.54, 1.807) is 24.4 Å². The van der Waals surface area contributed by atoms with E-state index in [-0.39, 0.29) is 13.0 Å². The molecule has 3 aromatic carbocycles. The molecule has 8 nitrogen and oxygen atoms in total. The van der Waals surface area contributed by atoms with Crippen LogP contribution in [0, 0.1) is 6.92 Å². The van der Waals surface area contributed by atoms with Crippen LogP contribution in [0.3, 0.4) is 0 Å². The second kappa shape index (κ2) is 10.2. The Hall–Kier alpha value is -4.59. The van der Waals surface area contributed by atoms with Crippen LogP contribution in [0.2, 0.25) is 0 Å². The summed E-state index contributed by atoms with van der Waals surface area (Å²) in [7, 11) is 0. The van der Waals surface area contributed by atoms with Gasteiger partial charge in [-0.3, -0.25) is 4.79 Å². The van der Waals surface area contributed by atoms with Gasteiger partial charge in [0.2, 0.25) is 0 Å². The Morgan fingerprint density at radius 3 is 2.76 bits per heavy atom. The van der Waals surface area contributed by atoms with E-state index in [9.17, 15) is 19.5 Å². The lowest BCUT2D eigenvalue weighted by atomic mass is 9.93. The minimum Gasteiger partial charge on any atom is -0.483 e. The summed E-state index contributed by atoms with van der Waals surface area (Å²) < 4.78 is 11.5. The average Bonchev–Trinajstić information content (AvgIpc) is 3.30. The second-order valence-corrected chi connectivity index (χ2v) is 9.11. The van der Waals surface area contributed by atoms with E-state index in [0.717, 1.165) is 27.6 Å². The number of carboxylic acid groups (broad SMARTS) is 1. The Balaban J connectivity index is 1.28. The standard InChI is InChI=1S/C29H26N2O6/c1-17-10-11-25(22(12-17)26-14-18-6-2-3-8-21(18)29(35)37-26)36-16-27(32)31-24(28(33)34)13-19-15-30-23-9-5-4-7-20(19)23/h2-12,15,24,26,30H,13-14,16H2,1H3,(H,31,32)(H,33,34). The molecule has 0 fully saturated rings. The number of hydrogen-bond donors (Lipinski definition) is 3. The molecule has 37 heavy (non-hydrogen) atoms. The number of rotatable bonds is 8. The zero-order valence-electron chi connectivity index (χ0n) is 20.2. The van der Waals surface area contributed by atoms with Gasteiger partial charge in [-0.15, -0.1) is 0 Å². The number of carbonyl (C=O) groups excluding carboxylic acids is 2. The van der Waals surface area contributed by atoms with Gasteiger partial charge >= 0.3 is 11.9 Å². The number of esters is 1. The number of amides is 1. The lowest BCUT2D eigenvalue weighted by molar-refractivity contribution is -0.142. The van der Waals surface area contributed by atoms with Crippen molar-refractivity contribution in [3.05, 3.63) is 101 Å². The first-order valence-electron chi connectivity index (χ1n) is 12.0. The molecule has 5 rings (SSSR count). The number of aliphatic carboxylic acids is 1. The number of cyclic esters (lactones) is 1. The Bertz CT molecular complexity index is 1490. The zero-order valence-corrected chi connectivity index (χ0v) is 20.2. The van der Waals surface area contributed by atoms with Gasteiger partial charge in [0.15, 0.2) is 6.61 Å². The molecule has 2 unspecified atom stereocenters. The van der Waals surface area contributed by atoms with Gasteiger partial charge in [-0.05, 0) is 42.3 Å². The zero-order chi connectivity index (χ0) is 25.9. The van der Waals surface area contributed by atoms with Gasteiger partial charge in [0.25, 0.3) is 5.91 Å². The number of para-hydroxylation sites is 1. The molecule has 3 N–H and O–H groups in total. The topological polar surface area (TPSA) is 118 Å². The molecule has 1 amide bonds. The Kier molecular flexibility index (Phi) is 6.64. The monoisotopic (exact) mass is 498 g/mol. The molecular formula is C29H26N2O6. The second-order valence-electron chi connectivity index (χ2n) is 9.11. The van der Waals surface area contributed by atoms with Crippen molar-refractivity contribution in [2.75, 3.05) is 6.61 Å². The summed E-state index contributed by atoms with van der Waals surface area (Å²) in [6.07, 6.45) is 1.80. The van der Waals surface area contributed by atoms with Gasteiger partial charge < -0.3 is 24.9 Å². The summed E-state index contributed by atoms with van der Waals surface area (Å²) in [6, 6.07) is 19.2. The number of ether oxygens (including phenoxy) is 2. The fourth-order valence-corrected chi connectivity index (χ4v) is 4.66. The number of aromatic amines is 1. The van der Waals surface area contributed by atoms with Gasteiger partial charge in [0.1, 0.15) is 17.9 Å². The van der Waals surface area contributed by atoms with Crippen LogP contribution in [0.15, 0.2) is 72.9 Å². The minimum atomic E-state index is -1.14. The Morgan fingerprint density at radius 2 is 1.92 bits per heavy atom. The summed E-state index contributed by atoms with van der Waals surface area (Å²) in [6.45, 7) is 1.53. The van der Waals surface area contributed by atoms with Crippen LogP contribution < -0.4 is 10.1 Å². The molecule has 0 aliphatic carbocycles. The molecule has 0 saturated heterocycles. The van der Waals surface area contributed by atoms with Gasteiger partial charge in [-0.2, -0.15) is 0 Å². The maximum absolute atomic E-state index is 12.7. The largest absolute Gasteiger partial charge is 0.483 e. The van der Waals surface area contributed by atoms with Crippen molar-refractivity contribution >= 4 is 28.7 Å². The molecule has 1 aliphatic rings. The molecule has 0 bridgehead atoms. The van der Waals surface area contributed by atoms with Crippen LogP contribution >= 0.6 is 0 Å². The molecule has 8 heteroatoms. The molecule has 0 radical (unpaired) electrons. The lowest BCUT2D eigenvalue weighted by Crippen LogP contribution is -2.44. The molecule has 2 heterocycles. The molecule has 4 aromatic rings. The van der Waals surface area contributed by atoms with Gasteiger partial charge in [0, 0.05) is 35.5 Å². The third kappa shape index (κ3) is 5.18. The van der Waals surface area contributed by atoms with Gasteiger partial charge in [0.05, 0.1) is 5.56 Å². The summed E-state index contributed by atoms with van der Waals surface area (Å²) in [4.78, 5) is 40.2. The number of nitrogens with one attached hydrogen (secondary N) is 2. The highest BCUT2D eigenvalue weighted by molar-refractivity contribution is 5.92. The fourth-order valence-electron chi connectivity index (χ4n) is 4.66. The number of H-pyrrole nitrogens is 1. The predicted molar refractivity (Wildman–Crippen MR) is 137 cm³/mol.